The smallest absolute Gasteiger partial charge is 0.329 e. The zero-order valence-corrected chi connectivity index (χ0v) is 10.1. The van der Waals surface area contributed by atoms with E-state index in [0.717, 1.165) is 11.3 Å². The molecule has 0 bridgehead atoms. The first-order chi connectivity index (χ1) is 8.91. The van der Waals surface area contributed by atoms with Gasteiger partial charge in [0.25, 0.3) is 0 Å². The van der Waals surface area contributed by atoms with Gasteiger partial charge in [-0.25, -0.2) is 0 Å². The lowest BCUT2D eigenvalue weighted by Crippen LogP contribution is -2.05. The maximum absolute atomic E-state index is 12.3. The Balaban J connectivity index is 2.30. The standard InChI is InChI=1S/C11H9F3N4O/c1-6(15-2)7-3-4-8(16-5-7)9-17-10(19-18-9)11(12,13)14/h3-5H,1-2H3. The molecule has 2 aromatic heterocycles. The summed E-state index contributed by atoms with van der Waals surface area (Å²) in [6.45, 7) is 1.80. The van der Waals surface area contributed by atoms with Crippen molar-refractivity contribution in [3.05, 3.63) is 29.8 Å². The third-order valence-corrected chi connectivity index (χ3v) is 2.41. The summed E-state index contributed by atoms with van der Waals surface area (Å²) in [6.07, 6.45) is -3.17. The summed E-state index contributed by atoms with van der Waals surface area (Å²) in [5, 5.41) is 3.25. The highest BCUT2D eigenvalue weighted by molar-refractivity contribution is 5.98. The van der Waals surface area contributed by atoms with E-state index in [1.54, 1.807) is 20.0 Å². The molecule has 0 aliphatic rings. The monoisotopic (exact) mass is 270 g/mol. The maximum atomic E-state index is 12.3. The Hall–Kier alpha value is -2.25. The first kappa shape index (κ1) is 13.2. The Morgan fingerprint density at radius 3 is 2.53 bits per heavy atom. The quantitative estimate of drug-likeness (QED) is 0.787. The van der Waals surface area contributed by atoms with Crippen molar-refractivity contribution in [3.63, 3.8) is 0 Å². The lowest BCUT2D eigenvalue weighted by atomic mass is 10.2. The van der Waals surface area contributed by atoms with Gasteiger partial charge in [0, 0.05) is 24.5 Å². The van der Waals surface area contributed by atoms with Crippen LogP contribution in [0.25, 0.3) is 11.5 Å². The first-order valence-corrected chi connectivity index (χ1v) is 5.23. The number of nitrogens with zero attached hydrogens (tertiary/aromatic N) is 4. The van der Waals surface area contributed by atoms with Crippen LogP contribution >= 0.6 is 0 Å². The van der Waals surface area contributed by atoms with E-state index in [9.17, 15) is 13.2 Å². The molecule has 5 nitrogen and oxygen atoms in total. The predicted molar refractivity (Wildman–Crippen MR) is 60.7 cm³/mol. The zero-order chi connectivity index (χ0) is 14.0. The zero-order valence-electron chi connectivity index (χ0n) is 10.1. The molecular formula is C11H9F3N4O. The molecule has 0 atom stereocenters. The second kappa shape index (κ2) is 4.79. The summed E-state index contributed by atoms with van der Waals surface area (Å²) < 4.78 is 41.0. The highest BCUT2D eigenvalue weighted by Crippen LogP contribution is 2.28. The summed E-state index contributed by atoms with van der Waals surface area (Å²) >= 11 is 0. The van der Waals surface area contributed by atoms with E-state index in [1.165, 1.54) is 12.3 Å². The van der Waals surface area contributed by atoms with E-state index in [2.05, 4.69) is 24.6 Å². The van der Waals surface area contributed by atoms with Crippen molar-refractivity contribution in [2.45, 2.75) is 13.1 Å². The molecular weight excluding hydrogens is 261 g/mol. The highest BCUT2D eigenvalue weighted by atomic mass is 19.4. The van der Waals surface area contributed by atoms with Crippen LogP contribution in [0.4, 0.5) is 13.2 Å². The molecule has 0 N–H and O–H groups in total. The average Bonchev–Trinajstić information content (AvgIpc) is 2.87. The highest BCUT2D eigenvalue weighted by Gasteiger charge is 2.38. The van der Waals surface area contributed by atoms with Crippen molar-refractivity contribution < 1.29 is 17.7 Å². The van der Waals surface area contributed by atoms with Gasteiger partial charge < -0.3 is 4.52 Å². The molecule has 0 amide bonds. The lowest BCUT2D eigenvalue weighted by Gasteiger charge is -1.99. The molecule has 19 heavy (non-hydrogen) atoms. The minimum absolute atomic E-state index is 0.201. The summed E-state index contributed by atoms with van der Waals surface area (Å²) in [7, 11) is 1.64. The Morgan fingerprint density at radius 1 is 1.32 bits per heavy atom. The van der Waals surface area contributed by atoms with Crippen LogP contribution < -0.4 is 0 Å². The van der Waals surface area contributed by atoms with Gasteiger partial charge >= 0.3 is 12.1 Å². The van der Waals surface area contributed by atoms with E-state index >= 15 is 0 Å². The third-order valence-electron chi connectivity index (χ3n) is 2.41. The van der Waals surface area contributed by atoms with Gasteiger partial charge in [0.05, 0.1) is 0 Å². The SMILES string of the molecule is CN=C(C)c1ccc(-c2noc(C(F)(F)F)n2)nc1. The van der Waals surface area contributed by atoms with Crippen molar-refractivity contribution in [1.82, 2.24) is 15.1 Å². The van der Waals surface area contributed by atoms with Crippen LogP contribution in [-0.4, -0.2) is 27.9 Å². The number of rotatable bonds is 2. The Bertz CT molecular complexity index is 601. The fraction of sp³-hybridized carbons (Fsp3) is 0.273. The maximum Gasteiger partial charge on any atom is 0.471 e. The van der Waals surface area contributed by atoms with Crippen LogP contribution in [0.2, 0.25) is 0 Å². The van der Waals surface area contributed by atoms with E-state index in [-0.39, 0.29) is 11.5 Å². The van der Waals surface area contributed by atoms with Crippen LogP contribution in [0.15, 0.2) is 27.8 Å². The molecule has 0 saturated heterocycles. The van der Waals surface area contributed by atoms with E-state index in [0.29, 0.717) is 0 Å². The number of hydrogen-bond acceptors (Lipinski definition) is 5. The van der Waals surface area contributed by atoms with Crippen molar-refractivity contribution in [3.8, 4) is 11.5 Å². The van der Waals surface area contributed by atoms with Gasteiger partial charge in [-0.15, -0.1) is 0 Å². The largest absolute Gasteiger partial charge is 0.471 e. The molecule has 2 rings (SSSR count). The summed E-state index contributed by atoms with van der Waals surface area (Å²) in [5.74, 6) is -1.59. The molecule has 0 aliphatic heterocycles. The molecule has 2 aromatic rings. The molecule has 0 unspecified atom stereocenters. The normalized spacial score (nSPS) is 12.8. The van der Waals surface area contributed by atoms with Crippen LogP contribution in [0.5, 0.6) is 0 Å². The fourth-order valence-electron chi connectivity index (χ4n) is 1.31. The molecule has 0 fully saturated rings. The van der Waals surface area contributed by atoms with Crippen molar-refractivity contribution in [2.75, 3.05) is 7.05 Å². The van der Waals surface area contributed by atoms with Gasteiger partial charge in [0.15, 0.2) is 0 Å². The number of alkyl halides is 3. The van der Waals surface area contributed by atoms with Gasteiger partial charge in [-0.1, -0.05) is 5.16 Å². The number of halogens is 3. The van der Waals surface area contributed by atoms with Gasteiger partial charge in [-0.05, 0) is 19.1 Å². The van der Waals surface area contributed by atoms with Crippen molar-refractivity contribution in [2.24, 2.45) is 4.99 Å². The number of aromatic nitrogens is 3. The van der Waals surface area contributed by atoms with Gasteiger partial charge in [0.2, 0.25) is 5.82 Å². The van der Waals surface area contributed by atoms with Crippen LogP contribution in [-0.2, 0) is 6.18 Å². The Morgan fingerprint density at radius 2 is 2.05 bits per heavy atom. The second-order valence-electron chi connectivity index (χ2n) is 3.66. The minimum atomic E-state index is -4.66. The molecule has 0 radical (unpaired) electrons. The molecule has 100 valence electrons. The van der Waals surface area contributed by atoms with E-state index in [1.807, 2.05) is 0 Å². The average molecular weight is 270 g/mol. The Labute approximate surface area is 106 Å². The molecule has 0 aromatic carbocycles. The third kappa shape index (κ3) is 2.78. The lowest BCUT2D eigenvalue weighted by molar-refractivity contribution is -0.159. The molecule has 0 aliphatic carbocycles. The topological polar surface area (TPSA) is 64.2 Å². The van der Waals surface area contributed by atoms with Crippen LogP contribution in [0.3, 0.4) is 0 Å². The molecule has 0 saturated carbocycles. The molecule has 2 heterocycles. The Kier molecular flexibility index (Phi) is 3.32. The predicted octanol–water partition coefficient (Wildman–Crippen LogP) is 2.59. The first-order valence-electron chi connectivity index (χ1n) is 5.23. The van der Waals surface area contributed by atoms with Crippen molar-refractivity contribution >= 4 is 5.71 Å². The van der Waals surface area contributed by atoms with Crippen LogP contribution in [0, 0.1) is 0 Å². The van der Waals surface area contributed by atoms with E-state index in [4.69, 9.17) is 0 Å². The van der Waals surface area contributed by atoms with Gasteiger partial charge in [-0.3, -0.25) is 9.98 Å². The van der Waals surface area contributed by atoms with Gasteiger partial charge in [0.1, 0.15) is 5.69 Å². The second-order valence-corrected chi connectivity index (χ2v) is 3.66. The summed E-state index contributed by atoms with van der Waals surface area (Å²) in [6, 6.07) is 3.18. The van der Waals surface area contributed by atoms with Crippen LogP contribution in [0.1, 0.15) is 18.4 Å². The molecule has 0 spiro atoms. The van der Waals surface area contributed by atoms with Gasteiger partial charge in [-0.2, -0.15) is 18.2 Å². The fourth-order valence-corrected chi connectivity index (χ4v) is 1.31. The minimum Gasteiger partial charge on any atom is -0.329 e. The van der Waals surface area contributed by atoms with Crippen molar-refractivity contribution in [1.29, 1.82) is 0 Å². The number of aliphatic imine (C=N–C) groups is 1. The summed E-state index contributed by atoms with van der Waals surface area (Å²) in [4.78, 5) is 11.2. The number of hydrogen-bond donors (Lipinski definition) is 0. The molecule has 8 heteroatoms. The summed E-state index contributed by atoms with van der Waals surface area (Å²) in [5.41, 5.74) is 1.74. The van der Waals surface area contributed by atoms with E-state index < -0.39 is 12.1 Å². The number of pyridine rings is 1.